The molecule has 0 aliphatic heterocycles. The van der Waals surface area contributed by atoms with Gasteiger partial charge >= 0.3 is 0 Å². The number of carbonyl (C=O) groups is 2. The summed E-state index contributed by atoms with van der Waals surface area (Å²) in [5.74, 6) is -0.254. The van der Waals surface area contributed by atoms with Crippen molar-refractivity contribution >= 4 is 45.6 Å². The quantitative estimate of drug-likeness (QED) is 0.653. The number of methoxy groups -OCH3 is 1. The molecule has 0 spiro atoms. The van der Waals surface area contributed by atoms with Crippen LogP contribution in [0.4, 0.5) is 10.8 Å². The van der Waals surface area contributed by atoms with E-state index in [0.29, 0.717) is 32.0 Å². The van der Waals surface area contributed by atoms with E-state index in [1.807, 2.05) is 19.1 Å². The summed E-state index contributed by atoms with van der Waals surface area (Å²) < 4.78 is 5.18. The maximum atomic E-state index is 12.5. The van der Waals surface area contributed by atoms with Crippen LogP contribution in [-0.2, 0) is 0 Å². The summed E-state index contributed by atoms with van der Waals surface area (Å²) in [6.07, 6.45) is 1.41. The molecule has 1 aromatic heterocycles. The lowest BCUT2D eigenvalue weighted by atomic mass is 10.2. The Morgan fingerprint density at radius 3 is 2.59 bits per heavy atom. The second-order valence-electron chi connectivity index (χ2n) is 5.57. The first-order valence-corrected chi connectivity index (χ1v) is 9.15. The number of nitrogens with zero attached hydrogens (tertiary/aromatic N) is 1. The van der Waals surface area contributed by atoms with E-state index in [9.17, 15) is 9.59 Å². The first-order chi connectivity index (χ1) is 13.0. The average molecular weight is 402 g/mol. The Morgan fingerprint density at radius 1 is 1.07 bits per heavy atom. The lowest BCUT2D eigenvalue weighted by molar-refractivity contribution is 0.101. The van der Waals surface area contributed by atoms with E-state index in [1.165, 1.54) is 13.3 Å². The third-order valence-electron chi connectivity index (χ3n) is 3.76. The minimum atomic E-state index is -0.365. The molecular formula is C19H16ClN3O3S. The Hall–Kier alpha value is -2.90. The van der Waals surface area contributed by atoms with E-state index in [-0.39, 0.29) is 11.8 Å². The standard InChI is InChI=1S/C19H16ClN3O3S/c1-11-6-5-8-13(20)16(11)22-18(25)15-10-21-19(27-15)23-17(24)12-7-3-4-9-14(12)26-2/h3-10H,1-2H3,(H,22,25)(H,21,23,24). The van der Waals surface area contributed by atoms with Crippen LogP contribution in [0.2, 0.25) is 5.02 Å². The number of anilines is 2. The molecule has 0 fully saturated rings. The highest BCUT2D eigenvalue weighted by Crippen LogP contribution is 2.27. The summed E-state index contributed by atoms with van der Waals surface area (Å²) >= 11 is 7.21. The number of halogens is 1. The highest BCUT2D eigenvalue weighted by molar-refractivity contribution is 7.17. The van der Waals surface area contributed by atoms with Crippen molar-refractivity contribution in [3.63, 3.8) is 0 Å². The van der Waals surface area contributed by atoms with Gasteiger partial charge in [0.15, 0.2) is 5.13 Å². The molecule has 0 saturated carbocycles. The number of thiazole rings is 1. The molecule has 138 valence electrons. The Bertz CT molecular complexity index is 983. The van der Waals surface area contributed by atoms with Crippen molar-refractivity contribution in [2.24, 2.45) is 0 Å². The van der Waals surface area contributed by atoms with Crippen molar-refractivity contribution in [1.29, 1.82) is 0 Å². The number of ether oxygens (including phenoxy) is 1. The van der Waals surface area contributed by atoms with Gasteiger partial charge in [-0.1, -0.05) is 47.2 Å². The fourth-order valence-corrected chi connectivity index (χ4v) is 3.37. The van der Waals surface area contributed by atoms with Gasteiger partial charge in [0.1, 0.15) is 10.6 Å². The van der Waals surface area contributed by atoms with Crippen molar-refractivity contribution in [2.45, 2.75) is 6.92 Å². The maximum absolute atomic E-state index is 12.5. The van der Waals surface area contributed by atoms with E-state index >= 15 is 0 Å². The molecule has 8 heteroatoms. The Balaban J connectivity index is 1.73. The highest BCUT2D eigenvalue weighted by atomic mass is 35.5. The normalized spacial score (nSPS) is 10.3. The summed E-state index contributed by atoms with van der Waals surface area (Å²) in [7, 11) is 1.49. The molecule has 0 radical (unpaired) electrons. The van der Waals surface area contributed by atoms with Gasteiger partial charge in [-0.3, -0.25) is 14.9 Å². The lowest BCUT2D eigenvalue weighted by Crippen LogP contribution is -2.13. The average Bonchev–Trinajstić information content (AvgIpc) is 3.13. The molecule has 0 unspecified atom stereocenters. The second kappa shape index (κ2) is 8.20. The number of nitrogens with one attached hydrogen (secondary N) is 2. The number of rotatable bonds is 5. The van der Waals surface area contributed by atoms with Crippen LogP contribution in [0, 0.1) is 6.92 Å². The van der Waals surface area contributed by atoms with Gasteiger partial charge in [-0.05, 0) is 30.7 Å². The molecule has 3 rings (SSSR count). The van der Waals surface area contributed by atoms with E-state index < -0.39 is 0 Å². The van der Waals surface area contributed by atoms with Crippen LogP contribution in [0.15, 0.2) is 48.7 Å². The molecule has 27 heavy (non-hydrogen) atoms. The van der Waals surface area contributed by atoms with Crippen LogP contribution in [0.3, 0.4) is 0 Å². The third kappa shape index (κ3) is 4.27. The van der Waals surface area contributed by atoms with Gasteiger partial charge < -0.3 is 10.1 Å². The zero-order valence-electron chi connectivity index (χ0n) is 14.6. The smallest absolute Gasteiger partial charge is 0.267 e. The molecule has 1 heterocycles. The Labute approximate surface area is 165 Å². The fourth-order valence-electron chi connectivity index (χ4n) is 2.40. The minimum Gasteiger partial charge on any atom is -0.496 e. The van der Waals surface area contributed by atoms with E-state index in [0.717, 1.165) is 16.9 Å². The molecule has 2 amide bonds. The fraction of sp³-hybridized carbons (Fsp3) is 0.105. The first kappa shape index (κ1) is 18.9. The topological polar surface area (TPSA) is 80.3 Å². The van der Waals surface area contributed by atoms with Crippen molar-refractivity contribution in [2.75, 3.05) is 17.7 Å². The van der Waals surface area contributed by atoms with Gasteiger partial charge in [0.2, 0.25) is 0 Å². The lowest BCUT2D eigenvalue weighted by Gasteiger charge is -2.09. The summed E-state index contributed by atoms with van der Waals surface area (Å²) in [5.41, 5.74) is 1.79. The number of hydrogen-bond donors (Lipinski definition) is 2. The predicted octanol–water partition coefficient (Wildman–Crippen LogP) is 4.62. The number of para-hydroxylation sites is 2. The largest absolute Gasteiger partial charge is 0.496 e. The summed E-state index contributed by atoms with van der Waals surface area (Å²) in [4.78, 5) is 29.3. The van der Waals surface area contributed by atoms with Gasteiger partial charge in [0.05, 0.1) is 29.6 Å². The van der Waals surface area contributed by atoms with E-state index in [2.05, 4.69) is 15.6 Å². The molecule has 2 N–H and O–H groups in total. The molecule has 0 atom stereocenters. The highest BCUT2D eigenvalue weighted by Gasteiger charge is 2.17. The molecule has 0 saturated heterocycles. The summed E-state index contributed by atoms with van der Waals surface area (Å²) in [5, 5.41) is 6.22. The van der Waals surface area contributed by atoms with Crippen molar-refractivity contribution in [3.05, 3.63) is 69.7 Å². The van der Waals surface area contributed by atoms with Gasteiger partial charge in [-0.2, -0.15) is 0 Å². The van der Waals surface area contributed by atoms with Crippen LogP contribution in [-0.4, -0.2) is 23.9 Å². The monoisotopic (exact) mass is 401 g/mol. The number of benzene rings is 2. The van der Waals surface area contributed by atoms with Crippen molar-refractivity contribution in [3.8, 4) is 5.75 Å². The number of aryl methyl sites for hydroxylation is 1. The number of carbonyl (C=O) groups excluding carboxylic acids is 2. The number of amides is 2. The van der Waals surface area contributed by atoms with Crippen LogP contribution in [0.1, 0.15) is 25.6 Å². The molecule has 3 aromatic rings. The zero-order valence-corrected chi connectivity index (χ0v) is 16.1. The van der Waals surface area contributed by atoms with E-state index in [1.54, 1.807) is 30.3 Å². The molecular weight excluding hydrogens is 386 g/mol. The van der Waals surface area contributed by atoms with Crippen molar-refractivity contribution < 1.29 is 14.3 Å². The van der Waals surface area contributed by atoms with Gasteiger partial charge in [-0.25, -0.2) is 4.98 Å². The number of hydrogen-bond acceptors (Lipinski definition) is 5. The Kier molecular flexibility index (Phi) is 5.73. The first-order valence-electron chi connectivity index (χ1n) is 7.96. The summed E-state index contributed by atoms with van der Waals surface area (Å²) in [6.45, 7) is 1.85. The molecule has 0 bridgehead atoms. The van der Waals surface area contributed by atoms with Gasteiger partial charge in [0.25, 0.3) is 11.8 Å². The molecule has 0 aliphatic rings. The maximum Gasteiger partial charge on any atom is 0.267 e. The van der Waals surface area contributed by atoms with Crippen LogP contribution in [0.25, 0.3) is 0 Å². The SMILES string of the molecule is COc1ccccc1C(=O)Nc1ncc(C(=O)Nc2c(C)cccc2Cl)s1. The second-order valence-corrected chi connectivity index (χ2v) is 7.01. The third-order valence-corrected chi connectivity index (χ3v) is 4.99. The van der Waals surface area contributed by atoms with Crippen LogP contribution in [0.5, 0.6) is 5.75 Å². The molecule has 0 aliphatic carbocycles. The summed E-state index contributed by atoms with van der Waals surface area (Å²) in [6, 6.07) is 12.2. The molecule has 6 nitrogen and oxygen atoms in total. The molecule has 2 aromatic carbocycles. The Morgan fingerprint density at radius 2 is 1.85 bits per heavy atom. The number of aromatic nitrogens is 1. The minimum absolute atomic E-state index is 0.312. The van der Waals surface area contributed by atoms with Crippen LogP contribution >= 0.6 is 22.9 Å². The zero-order chi connectivity index (χ0) is 19.4. The van der Waals surface area contributed by atoms with E-state index in [4.69, 9.17) is 16.3 Å². The van der Waals surface area contributed by atoms with Gasteiger partial charge in [0, 0.05) is 0 Å². The van der Waals surface area contributed by atoms with Crippen molar-refractivity contribution in [1.82, 2.24) is 4.98 Å². The van der Waals surface area contributed by atoms with Crippen LogP contribution < -0.4 is 15.4 Å². The van der Waals surface area contributed by atoms with Gasteiger partial charge in [-0.15, -0.1) is 0 Å². The predicted molar refractivity (Wildman–Crippen MR) is 107 cm³/mol.